The minimum absolute atomic E-state index is 0.266. The molecule has 0 aromatic carbocycles. The summed E-state index contributed by atoms with van der Waals surface area (Å²) >= 11 is 0. The standard InChI is InChI=1S/C47H93NO10/c1-3-5-7-9-11-13-15-17-18-19-20-21-22-23-25-27-29-31-33-35-40(51)46(56)48-38(37-57-47-45(55)44(54)43(53)41(36-49)58-47)42(52)39(50)34-32-30-28-26-24-16-14-12-10-8-6-4-2/h38-45,47,49-55H,3-37H2,1-2H3,(H,48,56)/t38-,39+,40+,41+,42-,43+,44-,45+,47+/m0/s1. The Morgan fingerprint density at radius 2 is 0.897 bits per heavy atom. The summed E-state index contributed by atoms with van der Waals surface area (Å²) in [6.07, 6.45) is 27.2. The Kier molecular flexibility index (Phi) is 36.0. The number of rotatable bonds is 41. The lowest BCUT2D eigenvalue weighted by atomic mass is 9.98. The Balaban J connectivity index is 2.39. The van der Waals surface area contributed by atoms with Crippen molar-refractivity contribution in [1.82, 2.24) is 5.32 Å². The minimum Gasteiger partial charge on any atom is -0.394 e. The molecule has 0 spiro atoms. The molecule has 0 saturated carbocycles. The van der Waals surface area contributed by atoms with Gasteiger partial charge in [0.25, 0.3) is 0 Å². The molecular weight excluding hydrogens is 739 g/mol. The Morgan fingerprint density at radius 3 is 1.28 bits per heavy atom. The molecule has 9 atom stereocenters. The molecule has 1 aliphatic rings. The minimum atomic E-state index is -1.66. The largest absolute Gasteiger partial charge is 0.394 e. The highest BCUT2D eigenvalue weighted by molar-refractivity contribution is 5.80. The van der Waals surface area contributed by atoms with Crippen LogP contribution in [0.25, 0.3) is 0 Å². The Hall–Kier alpha value is -0.890. The molecule has 0 aromatic rings. The van der Waals surface area contributed by atoms with Gasteiger partial charge in [0.1, 0.15) is 36.6 Å². The van der Waals surface area contributed by atoms with Crippen molar-refractivity contribution in [1.29, 1.82) is 0 Å². The maximum absolute atomic E-state index is 13.1. The summed E-state index contributed by atoms with van der Waals surface area (Å²) in [5, 5.41) is 75.7. The van der Waals surface area contributed by atoms with E-state index in [-0.39, 0.29) is 6.42 Å². The predicted octanol–water partition coefficient (Wildman–Crippen LogP) is 8.28. The summed E-state index contributed by atoms with van der Waals surface area (Å²) in [6.45, 7) is 3.45. The smallest absolute Gasteiger partial charge is 0.249 e. The van der Waals surface area contributed by atoms with Crippen LogP contribution in [0.5, 0.6) is 0 Å². The van der Waals surface area contributed by atoms with Gasteiger partial charge < -0.3 is 50.5 Å². The van der Waals surface area contributed by atoms with Crippen molar-refractivity contribution in [2.45, 2.75) is 281 Å². The SMILES string of the molecule is CCCCCCCCCCCCCCCCCCCCC[C@@H](O)C(=O)N[C@@H](CO[C@@H]1O[C@H](CO)[C@@H](O)[C@H](O)[C@H]1O)[C@H](O)[C@H](O)CCCCCCCCCCCCCC. The summed E-state index contributed by atoms with van der Waals surface area (Å²) in [5.41, 5.74) is 0. The number of carbonyl (C=O) groups excluding carboxylic acids is 1. The summed E-state index contributed by atoms with van der Waals surface area (Å²) in [6, 6.07) is -1.16. The van der Waals surface area contributed by atoms with Crippen molar-refractivity contribution < 1.29 is 50.0 Å². The van der Waals surface area contributed by atoms with Crippen LogP contribution in [-0.2, 0) is 14.3 Å². The number of aliphatic hydroxyl groups excluding tert-OH is 7. The number of unbranched alkanes of at least 4 members (excludes halogenated alkanes) is 29. The maximum Gasteiger partial charge on any atom is 0.249 e. The Morgan fingerprint density at radius 1 is 0.534 bits per heavy atom. The lowest BCUT2D eigenvalue weighted by molar-refractivity contribution is -0.303. The van der Waals surface area contributed by atoms with Crippen molar-refractivity contribution in [2.24, 2.45) is 0 Å². The van der Waals surface area contributed by atoms with Gasteiger partial charge in [-0.25, -0.2) is 0 Å². The average molecular weight is 832 g/mol. The zero-order valence-electron chi connectivity index (χ0n) is 37.3. The maximum atomic E-state index is 13.1. The van der Waals surface area contributed by atoms with Crippen LogP contribution in [-0.4, -0.2) is 110 Å². The van der Waals surface area contributed by atoms with Crippen LogP contribution < -0.4 is 5.32 Å². The summed E-state index contributed by atoms with van der Waals surface area (Å²) in [4.78, 5) is 13.1. The second-order valence-electron chi connectivity index (χ2n) is 17.5. The highest BCUT2D eigenvalue weighted by Crippen LogP contribution is 2.23. The molecule has 11 nitrogen and oxygen atoms in total. The first-order valence-electron chi connectivity index (χ1n) is 24.4. The van der Waals surface area contributed by atoms with E-state index >= 15 is 0 Å². The van der Waals surface area contributed by atoms with Crippen molar-refractivity contribution in [3.8, 4) is 0 Å². The molecule has 1 saturated heterocycles. The van der Waals surface area contributed by atoms with Crippen LogP contribution in [0.4, 0.5) is 0 Å². The number of carbonyl (C=O) groups is 1. The first kappa shape index (κ1) is 55.1. The van der Waals surface area contributed by atoms with E-state index in [0.29, 0.717) is 19.3 Å². The highest BCUT2D eigenvalue weighted by atomic mass is 16.7. The molecule has 0 aliphatic carbocycles. The van der Waals surface area contributed by atoms with Crippen LogP contribution in [0.1, 0.15) is 226 Å². The van der Waals surface area contributed by atoms with Crippen LogP contribution in [0, 0.1) is 0 Å². The zero-order chi connectivity index (χ0) is 42.6. The third-order valence-corrected chi connectivity index (χ3v) is 12.2. The molecule has 346 valence electrons. The third kappa shape index (κ3) is 27.1. The highest BCUT2D eigenvalue weighted by Gasteiger charge is 2.44. The Bertz CT molecular complexity index is 913. The number of hydrogen-bond acceptors (Lipinski definition) is 10. The van der Waals surface area contributed by atoms with Gasteiger partial charge in [-0.3, -0.25) is 4.79 Å². The normalized spacial score (nSPS) is 21.8. The molecule has 8 N–H and O–H groups in total. The molecule has 1 heterocycles. The fourth-order valence-corrected chi connectivity index (χ4v) is 8.09. The van der Waals surface area contributed by atoms with E-state index in [4.69, 9.17) is 9.47 Å². The molecule has 1 aliphatic heterocycles. The van der Waals surface area contributed by atoms with E-state index in [9.17, 15) is 40.5 Å². The number of aliphatic hydroxyl groups is 7. The summed E-state index contributed by atoms with van der Waals surface area (Å²) in [7, 11) is 0. The predicted molar refractivity (Wildman–Crippen MR) is 233 cm³/mol. The van der Waals surface area contributed by atoms with Gasteiger partial charge in [0.2, 0.25) is 5.91 Å². The van der Waals surface area contributed by atoms with Gasteiger partial charge >= 0.3 is 0 Å². The molecule has 0 radical (unpaired) electrons. The molecular formula is C47H93NO10. The van der Waals surface area contributed by atoms with Crippen molar-refractivity contribution in [2.75, 3.05) is 13.2 Å². The van der Waals surface area contributed by atoms with Crippen LogP contribution in [0.3, 0.4) is 0 Å². The van der Waals surface area contributed by atoms with Gasteiger partial charge in [0.15, 0.2) is 6.29 Å². The van der Waals surface area contributed by atoms with Gasteiger partial charge in [0, 0.05) is 0 Å². The molecule has 11 heteroatoms. The van der Waals surface area contributed by atoms with E-state index in [0.717, 1.165) is 38.5 Å². The average Bonchev–Trinajstić information content (AvgIpc) is 3.22. The van der Waals surface area contributed by atoms with E-state index in [1.807, 2.05) is 0 Å². The fraction of sp³-hybridized carbons (Fsp3) is 0.979. The zero-order valence-corrected chi connectivity index (χ0v) is 37.3. The van der Waals surface area contributed by atoms with Gasteiger partial charge in [-0.15, -0.1) is 0 Å². The van der Waals surface area contributed by atoms with E-state index in [1.54, 1.807) is 0 Å². The Labute approximate surface area is 354 Å². The van der Waals surface area contributed by atoms with Crippen molar-refractivity contribution >= 4 is 5.91 Å². The molecule has 0 aromatic heterocycles. The molecule has 1 fully saturated rings. The van der Waals surface area contributed by atoms with Crippen molar-refractivity contribution in [3.05, 3.63) is 0 Å². The van der Waals surface area contributed by atoms with E-state index in [1.165, 1.54) is 148 Å². The third-order valence-electron chi connectivity index (χ3n) is 12.2. The van der Waals surface area contributed by atoms with Gasteiger partial charge in [-0.1, -0.05) is 213 Å². The number of hydrogen-bond donors (Lipinski definition) is 8. The summed E-state index contributed by atoms with van der Waals surface area (Å²) in [5.74, 6) is -0.693. The molecule has 0 unspecified atom stereocenters. The monoisotopic (exact) mass is 832 g/mol. The summed E-state index contributed by atoms with van der Waals surface area (Å²) < 4.78 is 11.1. The van der Waals surface area contributed by atoms with Crippen LogP contribution in [0.15, 0.2) is 0 Å². The van der Waals surface area contributed by atoms with Crippen LogP contribution >= 0.6 is 0 Å². The van der Waals surface area contributed by atoms with Crippen molar-refractivity contribution in [3.63, 3.8) is 0 Å². The van der Waals surface area contributed by atoms with E-state index in [2.05, 4.69) is 19.2 Å². The number of amides is 1. The molecule has 0 bridgehead atoms. The topological polar surface area (TPSA) is 189 Å². The van der Waals surface area contributed by atoms with Gasteiger partial charge in [-0.2, -0.15) is 0 Å². The number of ether oxygens (including phenoxy) is 2. The van der Waals surface area contributed by atoms with Gasteiger partial charge in [-0.05, 0) is 12.8 Å². The first-order valence-corrected chi connectivity index (χ1v) is 24.4. The van der Waals surface area contributed by atoms with E-state index < -0.39 is 74.2 Å². The fourth-order valence-electron chi connectivity index (χ4n) is 8.09. The lowest BCUT2D eigenvalue weighted by Gasteiger charge is -2.40. The molecule has 58 heavy (non-hydrogen) atoms. The lowest BCUT2D eigenvalue weighted by Crippen LogP contribution is -2.60. The second-order valence-corrected chi connectivity index (χ2v) is 17.5. The molecule has 1 amide bonds. The molecule has 1 rings (SSSR count). The van der Waals surface area contributed by atoms with Crippen LogP contribution in [0.2, 0.25) is 0 Å². The second kappa shape index (κ2) is 37.8. The quantitative estimate of drug-likeness (QED) is 0.0279. The van der Waals surface area contributed by atoms with Gasteiger partial charge in [0.05, 0.1) is 25.4 Å². The number of nitrogens with one attached hydrogen (secondary N) is 1. The first-order chi connectivity index (χ1) is 28.2.